The van der Waals surface area contributed by atoms with Gasteiger partial charge in [0.1, 0.15) is 0 Å². The lowest BCUT2D eigenvalue weighted by Gasteiger charge is -2.51. The van der Waals surface area contributed by atoms with Gasteiger partial charge in [-0.1, -0.05) is 0 Å². The number of nitrogens with one attached hydrogen (secondary N) is 1. The summed E-state index contributed by atoms with van der Waals surface area (Å²) in [5, 5.41) is 25.6. The number of rotatable bonds is 3. The summed E-state index contributed by atoms with van der Waals surface area (Å²) in [5.41, 5.74) is 4.12. The summed E-state index contributed by atoms with van der Waals surface area (Å²) in [7, 11) is 0. The van der Waals surface area contributed by atoms with Crippen LogP contribution in [0, 0.1) is 5.92 Å². The highest BCUT2D eigenvalue weighted by Crippen LogP contribution is 2.40. The molecule has 0 atom stereocenters. The summed E-state index contributed by atoms with van der Waals surface area (Å²) in [5.74, 6) is 0.0493. The van der Waals surface area contributed by atoms with Crippen molar-refractivity contribution in [1.82, 2.24) is 20.3 Å². The van der Waals surface area contributed by atoms with E-state index in [9.17, 15) is 20.0 Å². The molecule has 3 heterocycles. The van der Waals surface area contributed by atoms with Gasteiger partial charge in [-0.25, -0.2) is 4.79 Å². The highest BCUT2D eigenvalue weighted by atomic mass is 16.5. The van der Waals surface area contributed by atoms with Crippen molar-refractivity contribution >= 4 is 18.3 Å². The van der Waals surface area contributed by atoms with Crippen LogP contribution in [0.1, 0.15) is 81.1 Å². The van der Waals surface area contributed by atoms with Gasteiger partial charge in [0.25, 0.3) is 0 Å². The average molecular weight is 469 g/mol. The van der Waals surface area contributed by atoms with Crippen molar-refractivity contribution in [3.8, 4) is 0 Å². The summed E-state index contributed by atoms with van der Waals surface area (Å²) in [6.07, 6.45) is 4.54. The van der Waals surface area contributed by atoms with E-state index in [1.165, 1.54) is 21.4 Å². The first-order chi connectivity index (χ1) is 14.9. The molecule has 3 aliphatic rings. The van der Waals surface area contributed by atoms with Crippen LogP contribution < -0.4 is 11.1 Å². The molecule has 10 nitrogen and oxygen atoms in total. The Morgan fingerprint density at radius 1 is 0.909 bits per heavy atom. The number of amides is 3. The molecule has 5 N–H and O–H groups in total. The maximum atomic E-state index is 11.6. The normalized spacial score (nSPS) is 28.0. The second-order valence-electron chi connectivity index (χ2n) is 12.2. The number of carbonyl (C=O) groups is 2. The summed E-state index contributed by atoms with van der Waals surface area (Å²) < 4.78 is 0. The van der Waals surface area contributed by atoms with Gasteiger partial charge < -0.3 is 21.5 Å². The van der Waals surface area contributed by atoms with E-state index in [-0.39, 0.29) is 52.6 Å². The minimum absolute atomic E-state index is 0.102. The topological polar surface area (TPSA) is 135 Å². The van der Waals surface area contributed by atoms with Crippen molar-refractivity contribution in [3.63, 3.8) is 0 Å². The molecule has 3 rings (SSSR count). The molecule has 3 aliphatic heterocycles. The van der Waals surface area contributed by atoms with Gasteiger partial charge in [-0.3, -0.25) is 14.7 Å². The number of nitrogens with two attached hydrogens (primary N) is 1. The van der Waals surface area contributed by atoms with Crippen LogP contribution in [0.2, 0.25) is 0 Å². The number of imide groups is 1. The quantitative estimate of drug-likeness (QED) is 0.284. The Kier molecular flexibility index (Phi) is 7.90. The number of carbonyl (C=O) groups excluding carboxylic acids is 2. The van der Waals surface area contributed by atoms with E-state index in [0.29, 0.717) is 6.54 Å². The lowest BCUT2D eigenvalue weighted by molar-refractivity contribution is -0.251. The molecule has 0 aromatic heterocycles. The number of aliphatic imine (C=N–C) groups is 1. The van der Waals surface area contributed by atoms with Gasteiger partial charge in [-0.15, -0.1) is 0 Å². The van der Waals surface area contributed by atoms with Gasteiger partial charge in [0.2, 0.25) is 5.91 Å². The van der Waals surface area contributed by atoms with Gasteiger partial charge in [-0.05, 0) is 87.0 Å². The van der Waals surface area contributed by atoms with Crippen LogP contribution in [0.4, 0.5) is 4.79 Å². The van der Waals surface area contributed by atoms with E-state index in [1.54, 1.807) is 0 Å². The van der Waals surface area contributed by atoms with Crippen LogP contribution in [0.15, 0.2) is 4.99 Å². The maximum Gasteiger partial charge on any atom is 0.324 e. The molecular weight excluding hydrogens is 424 g/mol. The fourth-order valence-electron chi connectivity index (χ4n) is 5.95. The zero-order chi connectivity index (χ0) is 25.4. The molecule has 190 valence electrons. The molecular formula is C23H44N6O4. The van der Waals surface area contributed by atoms with Crippen LogP contribution >= 0.6 is 0 Å². The fourth-order valence-corrected chi connectivity index (χ4v) is 5.95. The number of piperidine rings is 2. The number of hydrogen-bond acceptors (Lipinski definition) is 7. The molecule has 0 spiro atoms. The van der Waals surface area contributed by atoms with Crippen molar-refractivity contribution in [2.75, 3.05) is 13.1 Å². The molecule has 0 aliphatic carbocycles. The Morgan fingerprint density at radius 2 is 1.33 bits per heavy atom. The number of urea groups is 1. The lowest BCUT2D eigenvalue weighted by atomic mass is 9.75. The highest BCUT2D eigenvalue weighted by Gasteiger charge is 2.47. The molecule has 3 fully saturated rings. The lowest BCUT2D eigenvalue weighted by Crippen LogP contribution is -2.60. The average Bonchev–Trinajstić information content (AvgIpc) is 2.96. The predicted octanol–water partition coefficient (Wildman–Crippen LogP) is 2.58. The van der Waals surface area contributed by atoms with Crippen LogP contribution in [-0.4, -0.2) is 85.0 Å². The van der Waals surface area contributed by atoms with Crippen molar-refractivity contribution < 1.29 is 20.0 Å². The summed E-state index contributed by atoms with van der Waals surface area (Å²) in [4.78, 5) is 28.7. The predicted molar refractivity (Wildman–Crippen MR) is 127 cm³/mol. The Balaban J connectivity index is 0.000000245. The third kappa shape index (κ3) is 6.23. The van der Waals surface area contributed by atoms with Crippen LogP contribution in [-0.2, 0) is 4.79 Å². The minimum atomic E-state index is -0.355. The Labute approximate surface area is 198 Å². The van der Waals surface area contributed by atoms with Gasteiger partial charge in [-0.2, -0.15) is 10.1 Å². The van der Waals surface area contributed by atoms with Gasteiger partial charge in [0, 0.05) is 28.7 Å². The Bertz CT molecular complexity index is 712. The maximum absolute atomic E-state index is 11.6. The first-order valence-electron chi connectivity index (χ1n) is 11.7. The van der Waals surface area contributed by atoms with Crippen LogP contribution in [0.25, 0.3) is 0 Å². The number of hydrogen-bond donors (Lipinski definition) is 4. The third-order valence-corrected chi connectivity index (χ3v) is 7.01. The van der Waals surface area contributed by atoms with Gasteiger partial charge >= 0.3 is 6.03 Å². The summed E-state index contributed by atoms with van der Waals surface area (Å²) in [6.45, 7) is 16.5. The highest BCUT2D eigenvalue weighted by molar-refractivity contribution is 6.01. The molecule has 3 amide bonds. The van der Waals surface area contributed by atoms with E-state index >= 15 is 0 Å². The van der Waals surface area contributed by atoms with Crippen LogP contribution in [0.5, 0.6) is 0 Å². The summed E-state index contributed by atoms with van der Waals surface area (Å²) in [6, 6.07) is -0.0829. The molecule has 33 heavy (non-hydrogen) atoms. The SMILES string of the molecule is CC1(C)CC(CN2C(=O)CNC2=O)CC(C)(C)N1O.CC1(C)CC(N=CN)CC(C)(C)N1O. The molecule has 0 aromatic carbocycles. The molecule has 0 radical (unpaired) electrons. The second kappa shape index (κ2) is 9.48. The first-order valence-corrected chi connectivity index (χ1v) is 11.7. The molecule has 0 aromatic rings. The molecule has 3 saturated heterocycles. The minimum Gasteiger partial charge on any atom is -0.390 e. The molecule has 0 unspecified atom stereocenters. The van der Waals surface area contributed by atoms with E-state index < -0.39 is 0 Å². The Morgan fingerprint density at radius 3 is 1.70 bits per heavy atom. The molecule has 0 saturated carbocycles. The van der Waals surface area contributed by atoms with E-state index in [0.717, 1.165) is 25.7 Å². The van der Waals surface area contributed by atoms with Gasteiger partial charge in [0.05, 0.1) is 18.9 Å². The van der Waals surface area contributed by atoms with E-state index in [1.807, 2.05) is 55.4 Å². The van der Waals surface area contributed by atoms with Crippen molar-refractivity contribution in [2.24, 2.45) is 16.6 Å². The largest absolute Gasteiger partial charge is 0.390 e. The molecule has 0 bridgehead atoms. The zero-order valence-electron chi connectivity index (χ0n) is 21.6. The monoisotopic (exact) mass is 468 g/mol. The Hall–Kier alpha value is -1.75. The standard InChI is InChI=1S/C13H23N3O3.C10H21N3O/c1-12(2)5-9(6-13(3,4)16(12)19)8-15-10(17)7-14-11(15)18;1-9(2)5-8(12-7-11)6-10(3,4)13(9)14/h9,19H,5-8H2,1-4H3,(H,14,18);7-8,14H,5-6H2,1-4H3,(H2,11,12). The fraction of sp³-hybridized carbons (Fsp3) is 0.870. The second-order valence-corrected chi connectivity index (χ2v) is 12.2. The zero-order valence-corrected chi connectivity index (χ0v) is 21.6. The number of hydroxylamine groups is 4. The van der Waals surface area contributed by atoms with Crippen molar-refractivity contribution in [2.45, 2.75) is 109 Å². The van der Waals surface area contributed by atoms with Crippen molar-refractivity contribution in [1.29, 1.82) is 0 Å². The smallest absolute Gasteiger partial charge is 0.324 e. The van der Waals surface area contributed by atoms with E-state index in [2.05, 4.69) is 10.3 Å². The first kappa shape index (κ1) is 27.5. The van der Waals surface area contributed by atoms with Crippen molar-refractivity contribution in [3.05, 3.63) is 0 Å². The molecule has 10 heteroatoms. The van der Waals surface area contributed by atoms with Gasteiger partial charge in [0.15, 0.2) is 0 Å². The van der Waals surface area contributed by atoms with Crippen LogP contribution in [0.3, 0.4) is 0 Å². The van der Waals surface area contributed by atoms with E-state index in [4.69, 9.17) is 5.73 Å². The third-order valence-electron chi connectivity index (χ3n) is 7.01. The summed E-state index contributed by atoms with van der Waals surface area (Å²) >= 11 is 0. The number of nitrogens with zero attached hydrogens (tertiary/aromatic N) is 4.